The molecule has 1 fully saturated rings. The quantitative estimate of drug-likeness (QED) is 0.306. The maximum Gasteiger partial charge on any atom is 0.152 e. The number of fused-ring (bicyclic) bond motifs is 1. The molecule has 5 rings (SSSR count). The molecule has 0 spiro atoms. The number of carbonyl (C=O) groups excluding carboxylic acids is 1. The summed E-state index contributed by atoms with van der Waals surface area (Å²) >= 11 is 0. The molecule has 2 unspecified atom stereocenters. The lowest BCUT2D eigenvalue weighted by molar-refractivity contribution is 0.112. The maximum atomic E-state index is 12.1. The summed E-state index contributed by atoms with van der Waals surface area (Å²) in [6, 6.07) is 11.9. The van der Waals surface area contributed by atoms with Crippen LogP contribution in [0.15, 0.2) is 48.8 Å². The van der Waals surface area contributed by atoms with Crippen LogP contribution in [0.5, 0.6) is 0 Å². The van der Waals surface area contributed by atoms with Gasteiger partial charge in [-0.15, -0.1) is 6.42 Å². The maximum absolute atomic E-state index is 12.1. The lowest BCUT2D eigenvalue weighted by Crippen LogP contribution is -2.23. The van der Waals surface area contributed by atoms with Crippen molar-refractivity contribution < 1.29 is 4.79 Å². The minimum Gasteiger partial charge on any atom is -0.307 e. The Hall–Kier alpha value is -3.86. The van der Waals surface area contributed by atoms with Crippen molar-refractivity contribution in [3.63, 3.8) is 0 Å². The van der Waals surface area contributed by atoms with Gasteiger partial charge in [-0.2, -0.15) is 0 Å². The van der Waals surface area contributed by atoms with Gasteiger partial charge < -0.3 is 5.32 Å². The van der Waals surface area contributed by atoms with Crippen molar-refractivity contribution in [2.24, 2.45) is 0 Å². The Bertz CT molecular complexity index is 1440. The molecule has 1 saturated heterocycles. The number of rotatable bonds is 7. The number of aromatic nitrogens is 4. The van der Waals surface area contributed by atoms with E-state index in [1.807, 2.05) is 50.8 Å². The molecule has 3 heterocycles. The van der Waals surface area contributed by atoms with E-state index in [1.165, 1.54) is 0 Å². The highest BCUT2D eigenvalue weighted by molar-refractivity contribution is 5.89. The summed E-state index contributed by atoms with van der Waals surface area (Å²) in [5.41, 5.74) is 5.49. The molecule has 2 atom stereocenters. The number of benzene rings is 2. The topological polar surface area (TPSA) is 75.9 Å². The van der Waals surface area contributed by atoms with Crippen LogP contribution in [0.3, 0.4) is 0 Å². The van der Waals surface area contributed by atoms with Crippen LogP contribution in [0.4, 0.5) is 0 Å². The third-order valence-electron chi connectivity index (χ3n) is 6.94. The fourth-order valence-electron chi connectivity index (χ4n) is 5.11. The molecule has 1 aliphatic heterocycles. The third-order valence-corrected chi connectivity index (χ3v) is 6.94. The highest BCUT2D eigenvalue weighted by Crippen LogP contribution is 2.34. The summed E-state index contributed by atoms with van der Waals surface area (Å²) in [5, 5.41) is 3.45. The SMILES string of the molecule is C#Cc1cccc(C=O)c1-n1c(C(CC)N(C)C)nc2ccc(-c3cnc(C4CCCN4)nc3)cc21. The normalized spacial score (nSPS) is 16.4. The lowest BCUT2D eigenvalue weighted by atomic mass is 10.1. The second-order valence-electron chi connectivity index (χ2n) is 9.38. The highest BCUT2D eigenvalue weighted by Gasteiger charge is 2.25. The highest BCUT2D eigenvalue weighted by atomic mass is 16.1. The summed E-state index contributed by atoms with van der Waals surface area (Å²) < 4.78 is 2.06. The van der Waals surface area contributed by atoms with E-state index in [9.17, 15) is 4.79 Å². The van der Waals surface area contributed by atoms with Gasteiger partial charge in [0.25, 0.3) is 0 Å². The van der Waals surface area contributed by atoms with Crippen LogP contribution in [-0.4, -0.2) is 51.3 Å². The zero-order valence-electron chi connectivity index (χ0n) is 20.9. The Labute approximate surface area is 211 Å². The smallest absolute Gasteiger partial charge is 0.152 e. The molecule has 0 amide bonds. The fraction of sp³-hybridized carbons (Fsp3) is 0.310. The van der Waals surface area contributed by atoms with Crippen molar-refractivity contribution in [3.8, 4) is 29.2 Å². The first kappa shape index (κ1) is 23.9. The molecule has 4 aromatic rings. The second kappa shape index (κ2) is 10.0. The molecule has 0 radical (unpaired) electrons. The van der Waals surface area contributed by atoms with Crippen molar-refractivity contribution in [2.45, 2.75) is 38.3 Å². The van der Waals surface area contributed by atoms with E-state index >= 15 is 0 Å². The molecule has 0 aliphatic carbocycles. The Morgan fingerprint density at radius 2 is 2.03 bits per heavy atom. The lowest BCUT2D eigenvalue weighted by Gasteiger charge is -2.24. The average Bonchev–Trinajstić information content (AvgIpc) is 3.56. The zero-order chi connectivity index (χ0) is 25.2. The Morgan fingerprint density at radius 1 is 1.22 bits per heavy atom. The van der Waals surface area contributed by atoms with Crippen molar-refractivity contribution in [3.05, 3.63) is 71.6 Å². The first-order valence-electron chi connectivity index (χ1n) is 12.3. The molecule has 0 bridgehead atoms. The summed E-state index contributed by atoms with van der Waals surface area (Å²) in [7, 11) is 4.07. The van der Waals surface area contributed by atoms with Gasteiger partial charge in [0.15, 0.2) is 6.29 Å². The monoisotopic (exact) mass is 478 g/mol. The predicted molar refractivity (Wildman–Crippen MR) is 142 cm³/mol. The standard InChI is InChI=1S/C29H30N6O/c1-5-19-9-7-10-21(18-36)27(19)35-26-15-20(12-13-23(26)33-29(35)25(6-2)34(3)4)22-16-31-28(32-17-22)24-11-8-14-30-24/h1,7,9-10,12-13,15-18,24-25,30H,6,8,11,14H2,2-4H3. The number of imidazole rings is 1. The van der Waals surface area contributed by atoms with Gasteiger partial charge >= 0.3 is 0 Å². The van der Waals surface area contributed by atoms with Gasteiger partial charge in [-0.1, -0.05) is 25.0 Å². The number of hydrogen-bond donors (Lipinski definition) is 1. The molecular weight excluding hydrogens is 448 g/mol. The number of carbonyl (C=O) groups is 1. The van der Waals surface area contributed by atoms with E-state index in [0.29, 0.717) is 16.8 Å². The van der Waals surface area contributed by atoms with Crippen LogP contribution in [0, 0.1) is 12.3 Å². The van der Waals surface area contributed by atoms with E-state index in [4.69, 9.17) is 11.4 Å². The van der Waals surface area contributed by atoms with Crippen molar-refractivity contribution in [1.82, 2.24) is 29.7 Å². The third kappa shape index (κ3) is 4.19. The summed E-state index contributed by atoms with van der Waals surface area (Å²) in [6.45, 7) is 3.14. The van der Waals surface area contributed by atoms with Crippen LogP contribution in [-0.2, 0) is 0 Å². The number of para-hydroxylation sites is 1. The van der Waals surface area contributed by atoms with Crippen molar-refractivity contribution >= 4 is 17.3 Å². The average molecular weight is 479 g/mol. The van der Waals surface area contributed by atoms with Crippen molar-refractivity contribution in [2.75, 3.05) is 20.6 Å². The van der Waals surface area contributed by atoms with E-state index in [0.717, 1.165) is 65.9 Å². The van der Waals surface area contributed by atoms with Crippen LogP contribution in [0.1, 0.15) is 65.8 Å². The van der Waals surface area contributed by atoms with Gasteiger partial charge in [0.05, 0.1) is 28.8 Å². The van der Waals surface area contributed by atoms with Gasteiger partial charge in [-0.3, -0.25) is 14.3 Å². The minimum absolute atomic E-state index is 0.0349. The van der Waals surface area contributed by atoms with Gasteiger partial charge in [-0.05, 0) is 69.7 Å². The molecule has 182 valence electrons. The van der Waals surface area contributed by atoms with Crippen LogP contribution >= 0.6 is 0 Å². The molecule has 2 aromatic carbocycles. The van der Waals surface area contributed by atoms with Gasteiger partial charge in [0, 0.05) is 29.1 Å². The van der Waals surface area contributed by atoms with Crippen LogP contribution in [0.2, 0.25) is 0 Å². The van der Waals surface area contributed by atoms with Crippen LogP contribution in [0.25, 0.3) is 27.8 Å². The second-order valence-corrected chi connectivity index (χ2v) is 9.38. The molecule has 7 nitrogen and oxygen atoms in total. The number of hydrogen-bond acceptors (Lipinski definition) is 6. The number of terminal acetylenes is 1. The van der Waals surface area contributed by atoms with Crippen LogP contribution < -0.4 is 5.32 Å². The van der Waals surface area contributed by atoms with E-state index in [1.54, 1.807) is 6.07 Å². The first-order valence-corrected chi connectivity index (χ1v) is 12.3. The molecule has 1 N–H and O–H groups in total. The summed E-state index contributed by atoms with van der Waals surface area (Å²) in [5.74, 6) is 4.45. The van der Waals surface area contributed by atoms with Gasteiger partial charge in [-0.25, -0.2) is 15.0 Å². The number of nitrogens with one attached hydrogen (secondary N) is 1. The van der Waals surface area contributed by atoms with E-state index < -0.39 is 0 Å². The molecule has 36 heavy (non-hydrogen) atoms. The molecule has 7 heteroatoms. The molecular formula is C29H30N6O. The summed E-state index contributed by atoms with van der Waals surface area (Å²) in [4.78, 5) is 28.6. The number of aldehydes is 1. The molecule has 1 aliphatic rings. The summed E-state index contributed by atoms with van der Waals surface area (Å²) in [6.07, 6.45) is 13.6. The Morgan fingerprint density at radius 3 is 2.67 bits per heavy atom. The van der Waals surface area contributed by atoms with Gasteiger partial charge in [0.1, 0.15) is 11.6 Å². The molecule has 0 saturated carbocycles. The van der Waals surface area contributed by atoms with Crippen molar-refractivity contribution in [1.29, 1.82) is 0 Å². The minimum atomic E-state index is 0.0349. The molecule has 2 aromatic heterocycles. The number of nitrogens with zero attached hydrogens (tertiary/aromatic N) is 5. The van der Waals surface area contributed by atoms with Gasteiger partial charge in [0.2, 0.25) is 0 Å². The van der Waals surface area contributed by atoms with E-state index in [-0.39, 0.29) is 12.1 Å². The zero-order valence-corrected chi connectivity index (χ0v) is 20.9. The van der Waals surface area contributed by atoms with E-state index in [2.05, 4.69) is 43.7 Å². The Kier molecular flexibility index (Phi) is 6.64. The predicted octanol–water partition coefficient (Wildman–Crippen LogP) is 4.71. The Balaban J connectivity index is 1.71. The first-order chi connectivity index (χ1) is 17.5. The largest absolute Gasteiger partial charge is 0.307 e. The fourth-order valence-corrected chi connectivity index (χ4v) is 5.11.